The molecule has 0 saturated heterocycles. The molecule has 0 saturated carbocycles. The number of phenols is 1. The number of phenolic OH excluding ortho intramolecular Hbond substituents is 1. The second kappa shape index (κ2) is 9.07. The zero-order valence-electron chi connectivity index (χ0n) is 13.5. The SMILES string of the molecule is O=C(CNC(=O)c1ccccc1)NCCNC(=O)c1ccccc1O. The summed E-state index contributed by atoms with van der Waals surface area (Å²) in [5.74, 6) is -1.22. The average Bonchev–Trinajstić information content (AvgIpc) is 2.64. The fourth-order valence-corrected chi connectivity index (χ4v) is 2.05. The van der Waals surface area contributed by atoms with Crippen LogP contribution in [0.1, 0.15) is 20.7 Å². The molecule has 0 atom stereocenters. The molecule has 0 bridgehead atoms. The summed E-state index contributed by atoms with van der Waals surface area (Å²) in [7, 11) is 0. The van der Waals surface area contributed by atoms with E-state index in [-0.39, 0.29) is 42.8 Å². The van der Waals surface area contributed by atoms with Crippen LogP contribution < -0.4 is 16.0 Å². The van der Waals surface area contributed by atoms with Crippen molar-refractivity contribution in [1.82, 2.24) is 16.0 Å². The van der Waals surface area contributed by atoms with Crippen LogP contribution in [0.3, 0.4) is 0 Å². The first kappa shape index (κ1) is 18.0. The summed E-state index contributed by atoms with van der Waals surface area (Å²) in [5, 5.41) is 17.2. The van der Waals surface area contributed by atoms with Gasteiger partial charge in [-0.25, -0.2) is 0 Å². The number of nitrogens with one attached hydrogen (secondary N) is 3. The van der Waals surface area contributed by atoms with Gasteiger partial charge >= 0.3 is 0 Å². The van der Waals surface area contributed by atoms with Gasteiger partial charge in [-0.3, -0.25) is 14.4 Å². The normalized spacial score (nSPS) is 9.92. The van der Waals surface area contributed by atoms with Gasteiger partial charge in [0.05, 0.1) is 12.1 Å². The van der Waals surface area contributed by atoms with Crippen molar-refractivity contribution in [3.8, 4) is 5.75 Å². The summed E-state index contributed by atoms with van der Waals surface area (Å²) < 4.78 is 0. The molecule has 0 aliphatic carbocycles. The zero-order chi connectivity index (χ0) is 18.1. The average molecular weight is 341 g/mol. The number of rotatable bonds is 7. The minimum absolute atomic E-state index is 0.104. The number of para-hydroxylation sites is 1. The molecule has 2 aromatic carbocycles. The van der Waals surface area contributed by atoms with Gasteiger partial charge in [-0.2, -0.15) is 0 Å². The molecular formula is C18H19N3O4. The van der Waals surface area contributed by atoms with Crippen molar-refractivity contribution < 1.29 is 19.5 Å². The molecule has 0 aliphatic rings. The summed E-state index contributed by atoms with van der Waals surface area (Å²) in [6.07, 6.45) is 0. The summed E-state index contributed by atoms with van der Waals surface area (Å²) >= 11 is 0. The van der Waals surface area contributed by atoms with Gasteiger partial charge in [0.2, 0.25) is 5.91 Å². The molecule has 2 aromatic rings. The number of carbonyl (C=O) groups is 3. The Bertz CT molecular complexity index is 747. The predicted molar refractivity (Wildman–Crippen MR) is 92.2 cm³/mol. The third-order valence-corrected chi connectivity index (χ3v) is 3.33. The van der Waals surface area contributed by atoms with Crippen LogP contribution in [-0.4, -0.2) is 42.5 Å². The van der Waals surface area contributed by atoms with Crippen molar-refractivity contribution >= 4 is 17.7 Å². The van der Waals surface area contributed by atoms with Crippen molar-refractivity contribution in [2.24, 2.45) is 0 Å². The molecule has 4 N–H and O–H groups in total. The highest BCUT2D eigenvalue weighted by atomic mass is 16.3. The zero-order valence-corrected chi connectivity index (χ0v) is 13.5. The smallest absolute Gasteiger partial charge is 0.255 e. The van der Waals surface area contributed by atoms with E-state index in [1.807, 2.05) is 0 Å². The highest BCUT2D eigenvalue weighted by molar-refractivity contribution is 5.97. The van der Waals surface area contributed by atoms with Gasteiger partial charge in [0.15, 0.2) is 0 Å². The maximum Gasteiger partial charge on any atom is 0.255 e. The van der Waals surface area contributed by atoms with Crippen LogP contribution in [0.5, 0.6) is 5.75 Å². The van der Waals surface area contributed by atoms with E-state index < -0.39 is 5.91 Å². The summed E-state index contributed by atoms with van der Waals surface area (Å²) in [6.45, 7) is 0.256. The molecule has 0 heterocycles. The van der Waals surface area contributed by atoms with Crippen molar-refractivity contribution in [3.63, 3.8) is 0 Å². The molecule has 2 rings (SSSR count). The van der Waals surface area contributed by atoms with E-state index in [0.29, 0.717) is 5.56 Å². The first-order valence-corrected chi connectivity index (χ1v) is 7.74. The van der Waals surface area contributed by atoms with Crippen LogP contribution in [0.2, 0.25) is 0 Å². The first-order chi connectivity index (χ1) is 12.1. The van der Waals surface area contributed by atoms with Gasteiger partial charge in [0, 0.05) is 18.7 Å². The van der Waals surface area contributed by atoms with E-state index in [0.717, 1.165) is 0 Å². The predicted octanol–water partition coefficient (Wildman–Crippen LogP) is 0.668. The van der Waals surface area contributed by atoms with Crippen molar-refractivity contribution in [2.75, 3.05) is 19.6 Å². The highest BCUT2D eigenvalue weighted by Crippen LogP contribution is 2.14. The van der Waals surface area contributed by atoms with Crippen LogP contribution >= 0.6 is 0 Å². The standard InChI is InChI=1S/C18H19N3O4/c22-15-9-5-4-8-14(15)18(25)20-11-10-19-16(23)12-21-17(24)13-6-2-1-3-7-13/h1-9,22H,10-12H2,(H,19,23)(H,20,25)(H,21,24). The van der Waals surface area contributed by atoms with Gasteiger partial charge in [-0.1, -0.05) is 30.3 Å². The number of benzene rings is 2. The Kier molecular flexibility index (Phi) is 6.53. The molecule has 0 unspecified atom stereocenters. The van der Waals surface area contributed by atoms with Gasteiger partial charge in [-0.05, 0) is 24.3 Å². The van der Waals surface area contributed by atoms with Gasteiger partial charge in [0.25, 0.3) is 11.8 Å². The molecular weight excluding hydrogens is 322 g/mol. The Morgan fingerprint density at radius 1 is 0.760 bits per heavy atom. The number of hydrogen-bond donors (Lipinski definition) is 4. The lowest BCUT2D eigenvalue weighted by atomic mass is 10.2. The number of amides is 3. The van der Waals surface area contributed by atoms with Crippen LogP contribution in [0.25, 0.3) is 0 Å². The summed E-state index contributed by atoms with van der Waals surface area (Å²) in [6, 6.07) is 14.8. The van der Waals surface area contributed by atoms with E-state index in [1.165, 1.54) is 12.1 Å². The minimum Gasteiger partial charge on any atom is -0.507 e. The summed E-state index contributed by atoms with van der Waals surface area (Å²) in [5.41, 5.74) is 0.647. The number of aromatic hydroxyl groups is 1. The second-order valence-corrected chi connectivity index (χ2v) is 5.17. The van der Waals surface area contributed by atoms with E-state index >= 15 is 0 Å². The molecule has 7 heteroatoms. The van der Waals surface area contributed by atoms with Gasteiger partial charge < -0.3 is 21.1 Å². The largest absolute Gasteiger partial charge is 0.507 e. The molecule has 0 aliphatic heterocycles. The molecule has 0 fully saturated rings. The number of hydrogen-bond acceptors (Lipinski definition) is 4. The van der Waals surface area contributed by atoms with Crippen LogP contribution in [0.4, 0.5) is 0 Å². The Morgan fingerprint density at radius 2 is 1.40 bits per heavy atom. The highest BCUT2D eigenvalue weighted by Gasteiger charge is 2.10. The van der Waals surface area contributed by atoms with E-state index in [2.05, 4.69) is 16.0 Å². The lowest BCUT2D eigenvalue weighted by Crippen LogP contribution is -2.40. The Morgan fingerprint density at radius 3 is 2.12 bits per heavy atom. The fourth-order valence-electron chi connectivity index (χ4n) is 2.05. The molecule has 0 aromatic heterocycles. The summed E-state index contributed by atoms with van der Waals surface area (Å²) in [4.78, 5) is 35.3. The third kappa shape index (κ3) is 5.65. The minimum atomic E-state index is -0.426. The lowest BCUT2D eigenvalue weighted by Gasteiger charge is -2.09. The molecule has 130 valence electrons. The van der Waals surface area contributed by atoms with E-state index in [9.17, 15) is 19.5 Å². The topological polar surface area (TPSA) is 108 Å². The molecule has 25 heavy (non-hydrogen) atoms. The lowest BCUT2D eigenvalue weighted by molar-refractivity contribution is -0.120. The maximum absolute atomic E-state index is 11.8. The van der Waals surface area contributed by atoms with Crippen molar-refractivity contribution in [3.05, 3.63) is 65.7 Å². The third-order valence-electron chi connectivity index (χ3n) is 3.33. The van der Waals surface area contributed by atoms with Gasteiger partial charge in [-0.15, -0.1) is 0 Å². The van der Waals surface area contributed by atoms with Gasteiger partial charge in [0.1, 0.15) is 5.75 Å². The molecule has 0 spiro atoms. The van der Waals surface area contributed by atoms with Crippen LogP contribution in [0.15, 0.2) is 54.6 Å². The molecule has 3 amide bonds. The first-order valence-electron chi connectivity index (χ1n) is 7.74. The number of carbonyl (C=O) groups excluding carboxylic acids is 3. The van der Waals surface area contributed by atoms with E-state index in [1.54, 1.807) is 42.5 Å². The fraction of sp³-hybridized carbons (Fsp3) is 0.167. The van der Waals surface area contributed by atoms with Crippen molar-refractivity contribution in [2.45, 2.75) is 0 Å². The second-order valence-electron chi connectivity index (χ2n) is 5.17. The Hall–Kier alpha value is -3.35. The van der Waals surface area contributed by atoms with Crippen LogP contribution in [0, 0.1) is 0 Å². The van der Waals surface area contributed by atoms with Crippen molar-refractivity contribution in [1.29, 1.82) is 0 Å². The molecule has 7 nitrogen and oxygen atoms in total. The Balaban J connectivity index is 1.65. The Labute approximate surface area is 145 Å². The van der Waals surface area contributed by atoms with E-state index in [4.69, 9.17) is 0 Å². The quantitative estimate of drug-likeness (QED) is 0.555. The monoisotopic (exact) mass is 341 g/mol. The maximum atomic E-state index is 11.8. The van der Waals surface area contributed by atoms with Crippen LogP contribution in [-0.2, 0) is 4.79 Å². The molecule has 0 radical (unpaired) electrons.